The van der Waals surface area contributed by atoms with Gasteiger partial charge in [-0.2, -0.15) is 0 Å². The van der Waals surface area contributed by atoms with Crippen molar-refractivity contribution in [2.24, 2.45) is 0 Å². The molecule has 2 aromatic rings. The quantitative estimate of drug-likeness (QED) is 0.906. The molecule has 25 heavy (non-hydrogen) atoms. The molecule has 6 heteroatoms. The number of carbonyl (C=O) groups is 1. The van der Waals surface area contributed by atoms with E-state index in [1.165, 1.54) is 6.07 Å². The van der Waals surface area contributed by atoms with Gasteiger partial charge in [0.15, 0.2) is 0 Å². The third kappa shape index (κ3) is 3.90. The number of benzene rings is 1. The molecule has 1 aromatic carbocycles. The molecule has 0 aliphatic carbocycles. The molecule has 1 saturated heterocycles. The molecule has 132 valence electrons. The minimum atomic E-state index is -0.171. The fourth-order valence-corrected chi connectivity index (χ4v) is 3.40. The summed E-state index contributed by atoms with van der Waals surface area (Å²) in [5.41, 5.74) is 1.53. The van der Waals surface area contributed by atoms with Crippen LogP contribution in [0.3, 0.4) is 0 Å². The Hall–Kier alpha value is -2.63. The van der Waals surface area contributed by atoms with E-state index in [0.29, 0.717) is 30.9 Å². The summed E-state index contributed by atoms with van der Waals surface area (Å²) in [5.74, 6) is 1.48. The van der Waals surface area contributed by atoms with E-state index >= 15 is 0 Å². The summed E-state index contributed by atoms with van der Waals surface area (Å²) in [4.78, 5) is 33.5. The van der Waals surface area contributed by atoms with Gasteiger partial charge >= 0.3 is 0 Å². The Morgan fingerprint density at radius 2 is 2.20 bits per heavy atom. The summed E-state index contributed by atoms with van der Waals surface area (Å²) < 4.78 is 5.35. The zero-order valence-electron chi connectivity index (χ0n) is 14.6. The van der Waals surface area contributed by atoms with Crippen molar-refractivity contribution in [3.8, 4) is 5.75 Å². The molecule has 1 aromatic heterocycles. The topological polar surface area (TPSA) is 75.3 Å². The Morgan fingerprint density at radius 3 is 2.96 bits per heavy atom. The number of methoxy groups -OCH3 is 1. The average molecular weight is 341 g/mol. The van der Waals surface area contributed by atoms with Crippen LogP contribution in [-0.4, -0.2) is 34.4 Å². The minimum absolute atomic E-state index is 0.0811. The normalized spacial score (nSPS) is 16.9. The van der Waals surface area contributed by atoms with E-state index in [2.05, 4.69) is 9.97 Å². The molecule has 0 radical (unpaired) electrons. The monoisotopic (exact) mass is 341 g/mol. The van der Waals surface area contributed by atoms with Crippen molar-refractivity contribution in [2.75, 3.05) is 13.7 Å². The zero-order valence-corrected chi connectivity index (χ0v) is 14.6. The molecule has 1 aliphatic rings. The minimum Gasteiger partial charge on any atom is -0.496 e. The number of H-pyrrole nitrogens is 1. The first-order chi connectivity index (χ1) is 12.1. The van der Waals surface area contributed by atoms with Crippen LogP contribution in [0.15, 0.2) is 35.1 Å². The second-order valence-corrected chi connectivity index (χ2v) is 6.33. The fourth-order valence-electron chi connectivity index (χ4n) is 3.40. The maximum atomic E-state index is 12.7. The first-order valence-corrected chi connectivity index (χ1v) is 8.57. The number of likely N-dealkylation sites (tertiary alicyclic amines) is 1. The van der Waals surface area contributed by atoms with Gasteiger partial charge in [0.25, 0.3) is 5.56 Å². The highest BCUT2D eigenvalue weighted by atomic mass is 16.5. The number of hydrogen-bond acceptors (Lipinski definition) is 4. The van der Waals surface area contributed by atoms with E-state index in [9.17, 15) is 9.59 Å². The number of nitrogens with zero attached hydrogens (tertiary/aromatic N) is 2. The smallest absolute Gasteiger partial charge is 0.251 e. The van der Waals surface area contributed by atoms with Crippen LogP contribution in [0.5, 0.6) is 5.75 Å². The largest absolute Gasteiger partial charge is 0.496 e. The number of nitrogens with one attached hydrogen (secondary N) is 1. The van der Waals surface area contributed by atoms with Crippen LogP contribution in [0.25, 0.3) is 0 Å². The van der Waals surface area contributed by atoms with E-state index in [0.717, 1.165) is 24.2 Å². The third-order valence-electron chi connectivity index (χ3n) is 4.58. The van der Waals surface area contributed by atoms with E-state index in [1.807, 2.05) is 29.2 Å². The standard InChI is InChI=1S/C19H23N3O3/c1-13-12-17(23)21-19(20-13)15-7-5-11-22(15)18(24)10-9-14-6-3-4-8-16(14)25-2/h3-4,6,8,12,15H,5,7,9-11H2,1-2H3,(H,20,21,23). The van der Waals surface area contributed by atoms with Crippen LogP contribution in [0.4, 0.5) is 0 Å². The lowest BCUT2D eigenvalue weighted by Gasteiger charge is -2.24. The SMILES string of the molecule is COc1ccccc1CCC(=O)N1CCCC1c1nc(C)cc(=O)[nH]1. The molecule has 3 rings (SSSR count). The summed E-state index contributed by atoms with van der Waals surface area (Å²) >= 11 is 0. The van der Waals surface area contributed by atoms with Gasteiger partial charge < -0.3 is 14.6 Å². The van der Waals surface area contributed by atoms with Crippen LogP contribution >= 0.6 is 0 Å². The van der Waals surface area contributed by atoms with Crippen molar-refractivity contribution in [2.45, 2.75) is 38.6 Å². The number of aryl methyl sites for hydroxylation is 2. The number of para-hydroxylation sites is 1. The van der Waals surface area contributed by atoms with Gasteiger partial charge in [-0.05, 0) is 37.8 Å². The van der Waals surface area contributed by atoms with Crippen molar-refractivity contribution in [1.82, 2.24) is 14.9 Å². The Balaban J connectivity index is 1.71. The lowest BCUT2D eigenvalue weighted by molar-refractivity contribution is -0.132. The maximum absolute atomic E-state index is 12.7. The van der Waals surface area contributed by atoms with Crippen LogP contribution in [0.2, 0.25) is 0 Å². The van der Waals surface area contributed by atoms with Crippen molar-refractivity contribution in [3.05, 3.63) is 57.8 Å². The number of aromatic nitrogens is 2. The summed E-state index contributed by atoms with van der Waals surface area (Å²) in [6.07, 6.45) is 2.78. The van der Waals surface area contributed by atoms with Gasteiger partial charge in [0.1, 0.15) is 11.6 Å². The number of rotatable bonds is 5. The van der Waals surface area contributed by atoms with Gasteiger partial charge in [-0.25, -0.2) is 4.98 Å². The van der Waals surface area contributed by atoms with Gasteiger partial charge in [-0.15, -0.1) is 0 Å². The lowest BCUT2D eigenvalue weighted by Crippen LogP contribution is -2.32. The summed E-state index contributed by atoms with van der Waals surface area (Å²) in [6, 6.07) is 9.07. The van der Waals surface area contributed by atoms with E-state index in [-0.39, 0.29) is 17.5 Å². The average Bonchev–Trinajstić information content (AvgIpc) is 3.09. The molecular weight excluding hydrogens is 318 g/mol. The molecule has 1 aliphatic heterocycles. The number of aromatic amines is 1. The maximum Gasteiger partial charge on any atom is 0.251 e. The highest BCUT2D eigenvalue weighted by Crippen LogP contribution is 2.30. The summed E-state index contributed by atoms with van der Waals surface area (Å²) in [6.45, 7) is 2.49. The number of ether oxygens (including phenoxy) is 1. The Bertz CT molecular complexity index is 816. The molecule has 1 fully saturated rings. The second kappa shape index (κ2) is 7.51. The van der Waals surface area contributed by atoms with Gasteiger partial charge in [-0.3, -0.25) is 9.59 Å². The molecule has 0 spiro atoms. The summed E-state index contributed by atoms with van der Waals surface area (Å²) in [7, 11) is 1.64. The molecule has 2 heterocycles. The van der Waals surface area contributed by atoms with Crippen molar-refractivity contribution >= 4 is 5.91 Å². The van der Waals surface area contributed by atoms with Crippen molar-refractivity contribution < 1.29 is 9.53 Å². The predicted molar refractivity (Wildman–Crippen MR) is 94.6 cm³/mol. The Kier molecular flexibility index (Phi) is 5.16. The first-order valence-electron chi connectivity index (χ1n) is 8.57. The van der Waals surface area contributed by atoms with Crippen LogP contribution in [0.1, 0.15) is 42.4 Å². The fraction of sp³-hybridized carbons (Fsp3) is 0.421. The van der Waals surface area contributed by atoms with Gasteiger partial charge in [-0.1, -0.05) is 18.2 Å². The van der Waals surface area contributed by atoms with Crippen LogP contribution < -0.4 is 10.3 Å². The van der Waals surface area contributed by atoms with E-state index in [4.69, 9.17) is 4.74 Å². The molecule has 0 saturated carbocycles. The Labute approximate surface area is 146 Å². The van der Waals surface area contributed by atoms with E-state index in [1.54, 1.807) is 14.0 Å². The Morgan fingerprint density at radius 1 is 1.40 bits per heavy atom. The van der Waals surface area contributed by atoms with Crippen molar-refractivity contribution in [3.63, 3.8) is 0 Å². The van der Waals surface area contributed by atoms with E-state index < -0.39 is 0 Å². The molecule has 1 amide bonds. The van der Waals surface area contributed by atoms with Crippen molar-refractivity contribution in [1.29, 1.82) is 0 Å². The molecule has 1 unspecified atom stereocenters. The zero-order chi connectivity index (χ0) is 17.8. The molecular formula is C19H23N3O3. The van der Waals surface area contributed by atoms with Gasteiger partial charge in [0.2, 0.25) is 5.91 Å². The predicted octanol–water partition coefficient (Wildman–Crippen LogP) is 2.38. The van der Waals surface area contributed by atoms with Gasteiger partial charge in [0.05, 0.1) is 13.2 Å². The van der Waals surface area contributed by atoms with Crippen LogP contribution in [-0.2, 0) is 11.2 Å². The highest BCUT2D eigenvalue weighted by molar-refractivity contribution is 5.77. The number of amides is 1. The molecule has 1 N–H and O–H groups in total. The third-order valence-corrected chi connectivity index (χ3v) is 4.58. The van der Waals surface area contributed by atoms with Crippen LogP contribution in [0, 0.1) is 6.92 Å². The molecule has 6 nitrogen and oxygen atoms in total. The molecule has 0 bridgehead atoms. The first kappa shape index (κ1) is 17.2. The number of carbonyl (C=O) groups excluding carboxylic acids is 1. The number of hydrogen-bond donors (Lipinski definition) is 1. The summed E-state index contributed by atoms with van der Waals surface area (Å²) in [5, 5.41) is 0. The second-order valence-electron chi connectivity index (χ2n) is 6.33. The highest BCUT2D eigenvalue weighted by Gasteiger charge is 2.31. The molecule has 1 atom stereocenters. The lowest BCUT2D eigenvalue weighted by atomic mass is 10.1. The van der Waals surface area contributed by atoms with Gasteiger partial charge in [0, 0.05) is 24.7 Å².